The van der Waals surface area contributed by atoms with Gasteiger partial charge < -0.3 is 19.3 Å². The summed E-state index contributed by atoms with van der Waals surface area (Å²) >= 11 is 6.35. The number of carbonyl (C=O) groups excluding carboxylic acids is 2. The van der Waals surface area contributed by atoms with Crippen LogP contribution in [0.15, 0.2) is 84.6 Å². The van der Waals surface area contributed by atoms with Gasteiger partial charge in [0.1, 0.15) is 24.7 Å². The van der Waals surface area contributed by atoms with E-state index in [9.17, 15) is 14.7 Å². The van der Waals surface area contributed by atoms with Crippen molar-refractivity contribution in [2.75, 3.05) is 6.61 Å². The Morgan fingerprint density at radius 3 is 1.94 bits per heavy atom. The second kappa shape index (κ2) is 13.8. The van der Waals surface area contributed by atoms with Crippen LogP contribution in [0.25, 0.3) is 0 Å². The number of carbonyl (C=O) groups is 2. The van der Waals surface area contributed by atoms with Crippen LogP contribution >= 0.6 is 11.6 Å². The van der Waals surface area contributed by atoms with Gasteiger partial charge in [-0.05, 0) is 36.0 Å². The van der Waals surface area contributed by atoms with Crippen LogP contribution in [0.4, 0.5) is 0 Å². The molecular formula is C26H22ClNaO6. The third-order valence-corrected chi connectivity index (χ3v) is 4.81. The molecule has 0 aromatic heterocycles. The molecule has 0 aliphatic heterocycles. The molecule has 0 N–H and O–H groups in total. The van der Waals surface area contributed by atoms with Crippen LogP contribution in [0.2, 0.25) is 5.02 Å². The minimum Gasteiger partial charge on any atom is -0.867 e. The zero-order valence-corrected chi connectivity index (χ0v) is 21.7. The summed E-state index contributed by atoms with van der Waals surface area (Å²) in [6.07, 6.45) is 0.670. The summed E-state index contributed by atoms with van der Waals surface area (Å²) in [5.74, 6) is -2.41. The fourth-order valence-corrected chi connectivity index (χ4v) is 3.10. The number of rotatable bonds is 10. The number of halogens is 1. The number of esters is 1. The minimum atomic E-state index is -1.11. The molecular weight excluding hydrogens is 467 g/mol. The Kier molecular flexibility index (Phi) is 11.2. The Balaban J connectivity index is 0.00000408. The molecule has 0 aliphatic rings. The number of ether oxygens (including phenoxy) is 3. The fourth-order valence-electron chi connectivity index (χ4n) is 2.89. The Labute approximate surface area is 225 Å². The normalized spacial score (nSPS) is 10.7. The van der Waals surface area contributed by atoms with Crippen LogP contribution in [0.3, 0.4) is 0 Å². The Hall–Kier alpha value is -2.77. The maximum absolute atomic E-state index is 12.8. The first kappa shape index (κ1) is 27.5. The van der Waals surface area contributed by atoms with Crippen LogP contribution in [0, 0.1) is 0 Å². The van der Waals surface area contributed by atoms with E-state index in [1.165, 1.54) is 12.1 Å². The van der Waals surface area contributed by atoms with Crippen molar-refractivity contribution in [3.63, 3.8) is 0 Å². The summed E-state index contributed by atoms with van der Waals surface area (Å²) in [5, 5.41) is 12.1. The van der Waals surface area contributed by atoms with Crippen LogP contribution in [0.1, 0.15) is 28.4 Å². The van der Waals surface area contributed by atoms with Gasteiger partial charge in [0.25, 0.3) is 0 Å². The number of benzene rings is 3. The van der Waals surface area contributed by atoms with Crippen molar-refractivity contribution in [1.82, 2.24) is 0 Å². The molecule has 0 bridgehead atoms. The van der Waals surface area contributed by atoms with E-state index in [-0.39, 0.29) is 65.7 Å². The van der Waals surface area contributed by atoms with E-state index in [2.05, 4.69) is 4.74 Å². The summed E-state index contributed by atoms with van der Waals surface area (Å²) in [5.41, 5.74) is 1.85. The van der Waals surface area contributed by atoms with E-state index < -0.39 is 17.5 Å². The predicted molar refractivity (Wildman–Crippen MR) is 122 cm³/mol. The first-order valence-electron chi connectivity index (χ1n) is 10.2. The van der Waals surface area contributed by atoms with E-state index in [1.807, 2.05) is 60.7 Å². The molecule has 6 nitrogen and oxygen atoms in total. The molecule has 0 spiro atoms. The van der Waals surface area contributed by atoms with E-state index in [0.29, 0.717) is 11.8 Å². The summed E-state index contributed by atoms with van der Waals surface area (Å²) in [6, 6.07) is 21.8. The third kappa shape index (κ3) is 7.92. The molecule has 3 aromatic rings. The van der Waals surface area contributed by atoms with Gasteiger partial charge >= 0.3 is 35.5 Å². The summed E-state index contributed by atoms with van der Waals surface area (Å²) < 4.78 is 16.3. The van der Waals surface area contributed by atoms with Crippen LogP contribution in [0.5, 0.6) is 11.5 Å². The SMILES string of the molecule is CCOC(=O)C([O-])=CC(=O)c1cc(Cl)c(OCc2ccccc2)cc1OCc1ccccc1.[Na+]. The van der Waals surface area contributed by atoms with Crippen molar-refractivity contribution in [2.45, 2.75) is 20.1 Å². The molecule has 0 heterocycles. The van der Waals surface area contributed by atoms with Crippen molar-refractivity contribution < 1.29 is 58.5 Å². The first-order valence-corrected chi connectivity index (χ1v) is 10.6. The number of ketones is 1. The average molecular weight is 489 g/mol. The molecule has 170 valence electrons. The molecule has 0 aliphatic carbocycles. The van der Waals surface area contributed by atoms with Gasteiger partial charge in [-0.3, -0.25) is 4.79 Å². The second-order valence-corrected chi connectivity index (χ2v) is 7.33. The molecule has 0 unspecified atom stereocenters. The van der Waals surface area contributed by atoms with Gasteiger partial charge in [-0.1, -0.05) is 72.3 Å². The maximum atomic E-state index is 12.8. The van der Waals surface area contributed by atoms with Gasteiger partial charge in [-0.2, -0.15) is 0 Å². The molecule has 8 heteroatoms. The number of allylic oxidation sites excluding steroid dienone is 1. The van der Waals surface area contributed by atoms with E-state index >= 15 is 0 Å². The van der Waals surface area contributed by atoms with E-state index in [4.69, 9.17) is 21.1 Å². The van der Waals surface area contributed by atoms with Crippen molar-refractivity contribution in [3.05, 3.63) is 106 Å². The molecule has 0 saturated heterocycles. The molecule has 0 atom stereocenters. The predicted octanol–water partition coefficient (Wildman–Crippen LogP) is 1.49. The zero-order valence-electron chi connectivity index (χ0n) is 19.0. The van der Waals surface area contributed by atoms with Gasteiger partial charge in [0.2, 0.25) is 0 Å². The minimum absolute atomic E-state index is 0. The monoisotopic (exact) mass is 488 g/mol. The van der Waals surface area contributed by atoms with Crippen LogP contribution < -0.4 is 44.1 Å². The van der Waals surface area contributed by atoms with Crippen molar-refractivity contribution in [1.29, 1.82) is 0 Å². The molecule has 0 saturated carbocycles. The molecule has 34 heavy (non-hydrogen) atoms. The first-order chi connectivity index (χ1) is 16.0. The van der Waals surface area contributed by atoms with E-state index in [1.54, 1.807) is 6.92 Å². The summed E-state index contributed by atoms with van der Waals surface area (Å²) in [6.45, 7) is 2.03. The maximum Gasteiger partial charge on any atom is 1.00 e. The second-order valence-electron chi connectivity index (χ2n) is 6.92. The van der Waals surface area contributed by atoms with Crippen molar-refractivity contribution >= 4 is 23.4 Å². The van der Waals surface area contributed by atoms with Gasteiger partial charge in [-0.25, -0.2) is 4.79 Å². The van der Waals surface area contributed by atoms with Gasteiger partial charge in [0.05, 0.1) is 17.2 Å². The number of hydrogen-bond acceptors (Lipinski definition) is 6. The Morgan fingerprint density at radius 1 is 0.882 bits per heavy atom. The number of hydrogen-bond donors (Lipinski definition) is 0. The fraction of sp³-hybridized carbons (Fsp3) is 0.154. The van der Waals surface area contributed by atoms with Gasteiger partial charge in [-0.15, -0.1) is 0 Å². The van der Waals surface area contributed by atoms with E-state index in [0.717, 1.165) is 11.1 Å². The van der Waals surface area contributed by atoms with Crippen molar-refractivity contribution in [2.24, 2.45) is 0 Å². The van der Waals surface area contributed by atoms with Crippen LogP contribution in [-0.4, -0.2) is 18.4 Å². The zero-order chi connectivity index (χ0) is 23.6. The quantitative estimate of drug-likeness (QED) is 0.141. The molecule has 0 radical (unpaired) electrons. The Bertz CT molecular complexity index is 1130. The smallest absolute Gasteiger partial charge is 0.867 e. The molecule has 0 amide bonds. The molecule has 3 aromatic carbocycles. The largest absolute Gasteiger partial charge is 1.00 e. The van der Waals surface area contributed by atoms with Crippen molar-refractivity contribution in [3.8, 4) is 11.5 Å². The van der Waals surface area contributed by atoms with Gasteiger partial charge in [0.15, 0.2) is 5.78 Å². The average Bonchev–Trinajstić information content (AvgIpc) is 2.83. The standard InChI is InChI=1S/C26H23ClO6.Na/c1-2-31-26(30)23(29)14-22(28)20-13-21(27)25(33-17-19-11-7-4-8-12-19)15-24(20)32-16-18-9-5-3-6-10-18;/h3-15,29H,2,16-17H2,1H3;/q;+1/p-1. The van der Waals surface area contributed by atoms with Crippen LogP contribution in [-0.2, 0) is 22.7 Å². The summed E-state index contributed by atoms with van der Waals surface area (Å²) in [7, 11) is 0. The molecule has 3 rings (SSSR count). The topological polar surface area (TPSA) is 84.9 Å². The molecule has 0 fully saturated rings. The van der Waals surface area contributed by atoms with Gasteiger partial charge in [0, 0.05) is 6.07 Å². The Morgan fingerprint density at radius 2 is 1.41 bits per heavy atom. The summed E-state index contributed by atoms with van der Waals surface area (Å²) in [4.78, 5) is 24.4. The third-order valence-electron chi connectivity index (χ3n) is 4.51.